The number of amides is 1. The maximum atomic E-state index is 12.5. The van der Waals surface area contributed by atoms with Gasteiger partial charge in [0.05, 0.1) is 4.88 Å². The zero-order valence-corrected chi connectivity index (χ0v) is 14.1. The maximum Gasteiger partial charge on any atom is 0.280 e. The van der Waals surface area contributed by atoms with Crippen LogP contribution in [0.1, 0.15) is 28.2 Å². The van der Waals surface area contributed by atoms with Gasteiger partial charge in [-0.2, -0.15) is 0 Å². The number of carbonyl (C=O) groups is 1. The summed E-state index contributed by atoms with van der Waals surface area (Å²) in [6.45, 7) is 5.44. The number of hydrogen-bond acceptors (Lipinski definition) is 4. The van der Waals surface area contributed by atoms with Crippen LogP contribution in [0.4, 0.5) is 0 Å². The van der Waals surface area contributed by atoms with E-state index in [1.54, 1.807) is 0 Å². The van der Waals surface area contributed by atoms with Crippen LogP contribution in [0.25, 0.3) is 10.4 Å². The molecule has 1 aromatic heterocycles. The van der Waals surface area contributed by atoms with Crippen LogP contribution in [-0.4, -0.2) is 41.5 Å². The van der Waals surface area contributed by atoms with Gasteiger partial charge in [0, 0.05) is 18.8 Å². The quantitative estimate of drug-likeness (QED) is 0.943. The number of carbonyl (C=O) groups excluding carboxylic acids is 1. The normalized spacial score (nSPS) is 26.2. The first-order valence-corrected chi connectivity index (χ1v) is 9.07. The van der Waals surface area contributed by atoms with Crippen molar-refractivity contribution in [1.29, 1.82) is 0 Å². The molecule has 4 heterocycles. The molecule has 5 heteroatoms. The molecule has 1 N–H and O–H groups in total. The minimum absolute atomic E-state index is 0.0207. The van der Waals surface area contributed by atoms with Gasteiger partial charge in [-0.15, -0.1) is 11.3 Å². The van der Waals surface area contributed by atoms with Crippen LogP contribution in [-0.2, 0) is 0 Å². The predicted molar refractivity (Wildman–Crippen MR) is 92.7 cm³/mol. The Labute approximate surface area is 140 Å². The standard InChI is InChI=1S/C18H21N3OS/c1-12-3-2-4-14(9-12)16-10-19-18(23-16)17(22)20-15-11-21-7-5-13(15)6-8-21/h2-4,9-10,13,15H,5-8,11H2,1H3,(H,20,22). The van der Waals surface area contributed by atoms with Gasteiger partial charge >= 0.3 is 0 Å². The van der Waals surface area contributed by atoms with Gasteiger partial charge in [-0.25, -0.2) is 4.98 Å². The fraction of sp³-hybridized carbons (Fsp3) is 0.444. The van der Waals surface area contributed by atoms with Crippen molar-refractivity contribution >= 4 is 17.2 Å². The number of nitrogens with zero attached hydrogens (tertiary/aromatic N) is 2. The lowest BCUT2D eigenvalue weighted by Crippen LogP contribution is -2.57. The molecule has 0 radical (unpaired) electrons. The summed E-state index contributed by atoms with van der Waals surface area (Å²) >= 11 is 1.47. The highest BCUT2D eigenvalue weighted by Crippen LogP contribution is 2.29. The Balaban J connectivity index is 1.47. The van der Waals surface area contributed by atoms with Crippen LogP contribution >= 0.6 is 11.3 Å². The minimum Gasteiger partial charge on any atom is -0.346 e. The van der Waals surface area contributed by atoms with Crippen molar-refractivity contribution in [3.05, 3.63) is 41.0 Å². The van der Waals surface area contributed by atoms with E-state index in [2.05, 4.69) is 40.3 Å². The number of hydrogen-bond donors (Lipinski definition) is 1. The highest BCUT2D eigenvalue weighted by molar-refractivity contribution is 7.16. The maximum absolute atomic E-state index is 12.5. The van der Waals surface area contributed by atoms with Crippen molar-refractivity contribution in [2.75, 3.05) is 19.6 Å². The number of fused-ring (bicyclic) bond motifs is 3. The van der Waals surface area contributed by atoms with Gasteiger partial charge in [0.2, 0.25) is 0 Å². The molecule has 5 rings (SSSR count). The van der Waals surface area contributed by atoms with Crippen LogP contribution in [0.15, 0.2) is 30.5 Å². The summed E-state index contributed by atoms with van der Waals surface area (Å²) in [6, 6.07) is 8.59. The van der Waals surface area contributed by atoms with Crippen LogP contribution in [0.5, 0.6) is 0 Å². The van der Waals surface area contributed by atoms with Gasteiger partial charge in [-0.05, 0) is 44.3 Å². The summed E-state index contributed by atoms with van der Waals surface area (Å²) in [4.78, 5) is 20.4. The first kappa shape index (κ1) is 14.8. The Morgan fingerprint density at radius 1 is 1.35 bits per heavy atom. The number of benzene rings is 1. The molecule has 1 aromatic carbocycles. The number of nitrogens with one attached hydrogen (secondary N) is 1. The molecular weight excluding hydrogens is 306 g/mol. The Morgan fingerprint density at radius 2 is 2.17 bits per heavy atom. The van der Waals surface area contributed by atoms with Gasteiger partial charge in [0.15, 0.2) is 5.01 Å². The van der Waals surface area contributed by atoms with Gasteiger partial charge in [-0.3, -0.25) is 4.79 Å². The van der Waals surface area contributed by atoms with Crippen LogP contribution in [0, 0.1) is 12.8 Å². The van der Waals surface area contributed by atoms with Gasteiger partial charge in [0.25, 0.3) is 5.91 Å². The first-order valence-electron chi connectivity index (χ1n) is 8.25. The van der Waals surface area contributed by atoms with E-state index < -0.39 is 0 Å². The van der Waals surface area contributed by atoms with Crippen molar-refractivity contribution in [3.63, 3.8) is 0 Å². The monoisotopic (exact) mass is 327 g/mol. The molecule has 0 aliphatic carbocycles. The summed E-state index contributed by atoms with van der Waals surface area (Å²) in [7, 11) is 0. The molecule has 23 heavy (non-hydrogen) atoms. The average molecular weight is 327 g/mol. The van der Waals surface area contributed by atoms with Gasteiger partial charge < -0.3 is 10.2 Å². The van der Waals surface area contributed by atoms with Crippen molar-refractivity contribution in [2.45, 2.75) is 25.8 Å². The van der Waals surface area contributed by atoms with E-state index in [1.165, 1.54) is 42.8 Å². The molecule has 2 aromatic rings. The van der Waals surface area contributed by atoms with Crippen LogP contribution in [0.2, 0.25) is 0 Å². The Kier molecular flexibility index (Phi) is 3.91. The van der Waals surface area contributed by atoms with Crippen molar-refractivity contribution < 1.29 is 4.79 Å². The van der Waals surface area contributed by atoms with Gasteiger partial charge in [0.1, 0.15) is 0 Å². The van der Waals surface area contributed by atoms with Crippen molar-refractivity contribution in [2.24, 2.45) is 5.92 Å². The van der Waals surface area contributed by atoms with Crippen molar-refractivity contribution in [3.8, 4) is 10.4 Å². The third-order valence-corrected chi connectivity index (χ3v) is 6.02. The van der Waals surface area contributed by atoms with E-state index in [4.69, 9.17) is 0 Å². The highest BCUT2D eigenvalue weighted by Gasteiger charge is 2.35. The number of rotatable bonds is 3. The SMILES string of the molecule is Cc1cccc(-c2cnc(C(=O)NC3CN4CCC3CC4)s2)c1. The second kappa shape index (κ2) is 6.06. The third-order valence-electron chi connectivity index (χ3n) is 4.98. The number of aromatic nitrogens is 1. The smallest absolute Gasteiger partial charge is 0.280 e. The predicted octanol–water partition coefficient (Wildman–Crippen LogP) is 2.94. The topological polar surface area (TPSA) is 45.2 Å². The summed E-state index contributed by atoms with van der Waals surface area (Å²) in [5.74, 6) is 0.618. The first-order chi connectivity index (χ1) is 11.2. The molecular formula is C18H21N3OS. The molecule has 4 nitrogen and oxygen atoms in total. The summed E-state index contributed by atoms with van der Waals surface area (Å²) in [5.41, 5.74) is 2.35. The molecule has 0 saturated carbocycles. The summed E-state index contributed by atoms with van der Waals surface area (Å²) in [6.07, 6.45) is 4.22. The zero-order chi connectivity index (χ0) is 15.8. The van der Waals surface area contributed by atoms with E-state index in [0.717, 1.165) is 17.0 Å². The van der Waals surface area contributed by atoms with E-state index in [9.17, 15) is 4.79 Å². The molecule has 1 amide bonds. The lowest BCUT2D eigenvalue weighted by Gasteiger charge is -2.44. The summed E-state index contributed by atoms with van der Waals surface area (Å²) in [5, 5.41) is 3.78. The van der Waals surface area contributed by atoms with Crippen LogP contribution < -0.4 is 5.32 Å². The molecule has 3 aliphatic rings. The fourth-order valence-corrected chi connectivity index (χ4v) is 4.49. The molecule has 3 fully saturated rings. The number of thiazole rings is 1. The largest absolute Gasteiger partial charge is 0.346 e. The molecule has 0 spiro atoms. The van der Waals surface area contributed by atoms with E-state index in [1.807, 2.05) is 12.3 Å². The third kappa shape index (κ3) is 3.03. The lowest BCUT2D eigenvalue weighted by atomic mass is 9.84. The van der Waals surface area contributed by atoms with Gasteiger partial charge in [-0.1, -0.05) is 29.8 Å². The second-order valence-electron chi connectivity index (χ2n) is 6.62. The summed E-state index contributed by atoms with van der Waals surface area (Å²) < 4.78 is 0. The Hall–Kier alpha value is -1.72. The van der Waals surface area contributed by atoms with Crippen LogP contribution in [0.3, 0.4) is 0 Å². The van der Waals surface area contributed by atoms with E-state index >= 15 is 0 Å². The highest BCUT2D eigenvalue weighted by atomic mass is 32.1. The second-order valence-corrected chi connectivity index (χ2v) is 7.65. The molecule has 3 saturated heterocycles. The molecule has 1 atom stereocenters. The lowest BCUT2D eigenvalue weighted by molar-refractivity contribution is 0.0620. The number of piperidine rings is 3. The average Bonchev–Trinajstić information content (AvgIpc) is 3.06. The van der Waals surface area contributed by atoms with Crippen molar-refractivity contribution in [1.82, 2.24) is 15.2 Å². The molecule has 2 bridgehead atoms. The molecule has 1 unspecified atom stereocenters. The Bertz CT molecular complexity index is 719. The molecule has 120 valence electrons. The number of aryl methyl sites for hydroxylation is 1. The van der Waals surface area contributed by atoms with E-state index in [-0.39, 0.29) is 11.9 Å². The minimum atomic E-state index is -0.0207. The Morgan fingerprint density at radius 3 is 2.87 bits per heavy atom. The fourth-order valence-electron chi connectivity index (χ4n) is 3.67. The zero-order valence-electron chi connectivity index (χ0n) is 13.3. The van der Waals surface area contributed by atoms with E-state index in [0.29, 0.717) is 10.9 Å². The molecule has 3 aliphatic heterocycles.